The molecule has 2 rings (SSSR count). The van der Waals surface area contributed by atoms with Gasteiger partial charge in [-0.2, -0.15) is 0 Å². The lowest BCUT2D eigenvalue weighted by Crippen LogP contribution is -2.11. The van der Waals surface area contributed by atoms with Crippen molar-refractivity contribution in [3.8, 4) is 0 Å². The Morgan fingerprint density at radius 3 is 3.18 bits per heavy atom. The highest BCUT2D eigenvalue weighted by molar-refractivity contribution is 5.88. The second kappa shape index (κ2) is 2.34. The van der Waals surface area contributed by atoms with Crippen LogP contribution < -0.4 is 0 Å². The number of ether oxygens (including phenoxy) is 2. The third-order valence-corrected chi connectivity index (χ3v) is 2.15. The lowest BCUT2D eigenvalue weighted by atomic mass is 10.00. The van der Waals surface area contributed by atoms with Crippen molar-refractivity contribution in [2.24, 2.45) is 0 Å². The van der Waals surface area contributed by atoms with Crippen molar-refractivity contribution < 1.29 is 14.3 Å². The molecule has 1 heterocycles. The summed E-state index contributed by atoms with van der Waals surface area (Å²) in [5, 5.41) is 0. The molecule has 0 aromatic rings. The van der Waals surface area contributed by atoms with E-state index >= 15 is 0 Å². The Kier molecular flexibility index (Phi) is 1.46. The van der Waals surface area contributed by atoms with E-state index in [0.717, 1.165) is 18.4 Å². The number of hydrogen-bond donors (Lipinski definition) is 0. The van der Waals surface area contributed by atoms with Gasteiger partial charge in [-0.3, -0.25) is 0 Å². The van der Waals surface area contributed by atoms with Crippen LogP contribution in [0, 0.1) is 0 Å². The molecule has 0 aromatic carbocycles. The van der Waals surface area contributed by atoms with Gasteiger partial charge in [-0.05, 0) is 6.42 Å². The molecule has 2 atom stereocenters. The molecule has 0 saturated carbocycles. The fourth-order valence-electron chi connectivity index (χ4n) is 1.42. The molecule has 0 N–H and O–H groups in total. The minimum absolute atomic E-state index is 0.209. The average molecular weight is 154 g/mol. The summed E-state index contributed by atoms with van der Waals surface area (Å²) in [5.41, 5.74) is 0.770. The first-order valence-electron chi connectivity index (χ1n) is 3.74. The molecule has 0 amide bonds. The van der Waals surface area contributed by atoms with Crippen molar-refractivity contribution in [1.29, 1.82) is 0 Å². The number of carbonyl (C=O) groups excluding carboxylic acids is 1. The van der Waals surface area contributed by atoms with Gasteiger partial charge >= 0.3 is 5.97 Å². The highest BCUT2D eigenvalue weighted by Crippen LogP contribution is 2.36. The van der Waals surface area contributed by atoms with Gasteiger partial charge in [-0.1, -0.05) is 6.08 Å². The maximum absolute atomic E-state index is 11.0. The molecular formula is C8H10O3. The van der Waals surface area contributed by atoms with Gasteiger partial charge in [0, 0.05) is 12.0 Å². The molecule has 0 unspecified atom stereocenters. The molecule has 1 fully saturated rings. The van der Waals surface area contributed by atoms with Crippen LogP contribution in [0.4, 0.5) is 0 Å². The van der Waals surface area contributed by atoms with Gasteiger partial charge < -0.3 is 9.47 Å². The predicted octanol–water partition coefficient (Wildman–Crippen LogP) is 0.647. The monoisotopic (exact) mass is 154 g/mol. The average Bonchev–Trinajstić information content (AvgIpc) is 2.80. The second-order valence-electron chi connectivity index (χ2n) is 2.87. The summed E-state index contributed by atoms with van der Waals surface area (Å²) in [5.74, 6) is -0.209. The molecule has 0 aromatic heterocycles. The van der Waals surface area contributed by atoms with E-state index in [2.05, 4.69) is 4.74 Å². The molecule has 0 bridgehead atoms. The molecule has 3 nitrogen and oxygen atoms in total. The third-order valence-electron chi connectivity index (χ3n) is 2.15. The van der Waals surface area contributed by atoms with Crippen molar-refractivity contribution >= 4 is 5.97 Å². The SMILES string of the molecule is COC(=O)C1=CC[C@@H]2O[C@@H]2C1. The van der Waals surface area contributed by atoms with E-state index in [1.165, 1.54) is 7.11 Å². The summed E-state index contributed by atoms with van der Waals surface area (Å²) in [7, 11) is 1.41. The summed E-state index contributed by atoms with van der Waals surface area (Å²) in [6.45, 7) is 0. The highest BCUT2D eigenvalue weighted by atomic mass is 16.6. The Labute approximate surface area is 65.0 Å². The minimum Gasteiger partial charge on any atom is -0.466 e. The summed E-state index contributed by atoms with van der Waals surface area (Å²) >= 11 is 0. The fourth-order valence-corrected chi connectivity index (χ4v) is 1.42. The summed E-state index contributed by atoms with van der Waals surface area (Å²) in [6.07, 6.45) is 4.21. The maximum atomic E-state index is 11.0. The van der Waals surface area contributed by atoms with Crippen molar-refractivity contribution in [2.75, 3.05) is 7.11 Å². The largest absolute Gasteiger partial charge is 0.466 e. The molecule has 1 aliphatic carbocycles. The zero-order valence-electron chi connectivity index (χ0n) is 6.37. The fraction of sp³-hybridized carbons (Fsp3) is 0.625. The predicted molar refractivity (Wildman–Crippen MR) is 38.0 cm³/mol. The topological polar surface area (TPSA) is 38.8 Å². The summed E-state index contributed by atoms with van der Waals surface area (Å²) < 4.78 is 9.84. The number of rotatable bonds is 1. The van der Waals surface area contributed by atoms with Crippen LogP contribution >= 0.6 is 0 Å². The van der Waals surface area contributed by atoms with E-state index in [-0.39, 0.29) is 5.97 Å². The molecule has 1 saturated heterocycles. The lowest BCUT2D eigenvalue weighted by Gasteiger charge is -2.05. The van der Waals surface area contributed by atoms with Gasteiger partial charge in [0.05, 0.1) is 19.3 Å². The van der Waals surface area contributed by atoms with Crippen LogP contribution in [-0.4, -0.2) is 25.3 Å². The van der Waals surface area contributed by atoms with E-state index in [1.54, 1.807) is 0 Å². The van der Waals surface area contributed by atoms with Gasteiger partial charge in [0.25, 0.3) is 0 Å². The minimum atomic E-state index is -0.209. The number of epoxide rings is 1. The van der Waals surface area contributed by atoms with Crippen molar-refractivity contribution in [2.45, 2.75) is 25.0 Å². The second-order valence-corrected chi connectivity index (χ2v) is 2.87. The third kappa shape index (κ3) is 1.16. The van der Waals surface area contributed by atoms with Crippen LogP contribution in [0.1, 0.15) is 12.8 Å². The lowest BCUT2D eigenvalue weighted by molar-refractivity contribution is -0.136. The van der Waals surface area contributed by atoms with Crippen LogP contribution in [0.5, 0.6) is 0 Å². The van der Waals surface area contributed by atoms with Crippen molar-refractivity contribution in [1.82, 2.24) is 0 Å². The standard InChI is InChI=1S/C8H10O3/c1-10-8(9)5-2-3-6-7(4-5)11-6/h2,6-7H,3-4H2,1H3/t6-,7+/m0/s1. The first-order valence-corrected chi connectivity index (χ1v) is 3.74. The van der Waals surface area contributed by atoms with E-state index in [9.17, 15) is 4.79 Å². The normalized spacial score (nSPS) is 33.7. The number of methoxy groups -OCH3 is 1. The molecule has 60 valence electrons. The van der Waals surface area contributed by atoms with Gasteiger partial charge in [0.1, 0.15) is 0 Å². The van der Waals surface area contributed by atoms with E-state index in [0.29, 0.717) is 12.2 Å². The smallest absolute Gasteiger partial charge is 0.333 e. The van der Waals surface area contributed by atoms with Crippen LogP contribution in [0.2, 0.25) is 0 Å². The van der Waals surface area contributed by atoms with E-state index in [4.69, 9.17) is 4.74 Å². The van der Waals surface area contributed by atoms with E-state index < -0.39 is 0 Å². The zero-order chi connectivity index (χ0) is 7.84. The molecule has 3 heteroatoms. The molecule has 0 radical (unpaired) electrons. The maximum Gasteiger partial charge on any atom is 0.333 e. The Morgan fingerprint density at radius 2 is 2.55 bits per heavy atom. The Morgan fingerprint density at radius 1 is 1.73 bits per heavy atom. The van der Waals surface area contributed by atoms with Crippen molar-refractivity contribution in [3.63, 3.8) is 0 Å². The summed E-state index contributed by atoms with van der Waals surface area (Å²) in [4.78, 5) is 11.0. The Hall–Kier alpha value is -0.830. The van der Waals surface area contributed by atoms with Gasteiger partial charge in [-0.15, -0.1) is 0 Å². The van der Waals surface area contributed by atoms with Gasteiger partial charge in [0.2, 0.25) is 0 Å². The van der Waals surface area contributed by atoms with Gasteiger partial charge in [-0.25, -0.2) is 4.79 Å². The van der Waals surface area contributed by atoms with Crippen LogP contribution in [0.15, 0.2) is 11.6 Å². The Balaban J connectivity index is 2.03. The molecule has 2 aliphatic rings. The summed E-state index contributed by atoms with van der Waals surface area (Å²) in [6, 6.07) is 0. The number of esters is 1. The number of hydrogen-bond acceptors (Lipinski definition) is 3. The van der Waals surface area contributed by atoms with Crippen LogP contribution in [0.3, 0.4) is 0 Å². The highest BCUT2D eigenvalue weighted by Gasteiger charge is 2.42. The number of carbonyl (C=O) groups is 1. The molecule has 1 aliphatic heterocycles. The van der Waals surface area contributed by atoms with Crippen LogP contribution in [0.25, 0.3) is 0 Å². The first kappa shape index (κ1) is 6.85. The number of fused-ring (bicyclic) bond motifs is 1. The van der Waals surface area contributed by atoms with Crippen LogP contribution in [-0.2, 0) is 14.3 Å². The zero-order valence-corrected chi connectivity index (χ0v) is 6.37. The molecular weight excluding hydrogens is 144 g/mol. The Bertz CT molecular complexity index is 219. The molecule has 0 spiro atoms. The van der Waals surface area contributed by atoms with E-state index in [1.807, 2.05) is 6.08 Å². The van der Waals surface area contributed by atoms with Gasteiger partial charge in [0.15, 0.2) is 0 Å². The van der Waals surface area contributed by atoms with Crippen molar-refractivity contribution in [3.05, 3.63) is 11.6 Å². The molecule has 11 heavy (non-hydrogen) atoms. The quantitative estimate of drug-likeness (QED) is 0.411. The first-order chi connectivity index (χ1) is 5.31.